The van der Waals surface area contributed by atoms with Gasteiger partial charge in [0.05, 0.1) is 10.9 Å². The van der Waals surface area contributed by atoms with Crippen LogP contribution in [0.1, 0.15) is 36.4 Å². The molecule has 2 rings (SSSR count). The topological polar surface area (TPSA) is 24.9 Å². The van der Waals surface area contributed by atoms with Crippen LogP contribution in [-0.2, 0) is 6.42 Å². The van der Waals surface area contributed by atoms with Crippen molar-refractivity contribution in [2.24, 2.45) is 5.92 Å². The quantitative estimate of drug-likeness (QED) is 0.915. The first-order chi connectivity index (χ1) is 8.97. The maximum absolute atomic E-state index is 12.9. The number of thiazole rings is 1. The van der Waals surface area contributed by atoms with Gasteiger partial charge in [-0.05, 0) is 19.8 Å². The average molecular weight is 292 g/mol. The third-order valence-electron chi connectivity index (χ3n) is 3.60. The van der Waals surface area contributed by atoms with E-state index in [-0.39, 0.29) is 6.42 Å². The number of hydrogen-bond donors (Lipinski definition) is 1. The summed E-state index contributed by atoms with van der Waals surface area (Å²) in [5.74, 6) is -1.18. The molecule has 6 heteroatoms. The van der Waals surface area contributed by atoms with Gasteiger partial charge in [-0.15, -0.1) is 11.3 Å². The van der Waals surface area contributed by atoms with Crippen molar-refractivity contribution in [3.05, 3.63) is 16.1 Å². The minimum absolute atomic E-state index is 0.261. The van der Waals surface area contributed by atoms with Crippen LogP contribution in [0, 0.1) is 12.8 Å². The van der Waals surface area contributed by atoms with Crippen LogP contribution in [-0.4, -0.2) is 23.7 Å². The number of alkyl halides is 3. The fraction of sp³-hybridized carbons (Fsp3) is 0.769. The highest BCUT2D eigenvalue weighted by molar-refractivity contribution is 7.09. The fourth-order valence-electron chi connectivity index (χ4n) is 2.65. The van der Waals surface area contributed by atoms with E-state index in [0.717, 1.165) is 17.1 Å². The average Bonchev–Trinajstić information content (AvgIpc) is 2.74. The largest absolute Gasteiger partial charge is 0.393 e. The second-order valence-corrected chi connectivity index (χ2v) is 6.07. The Balaban J connectivity index is 1.83. The number of aromatic nitrogens is 1. The van der Waals surface area contributed by atoms with E-state index in [1.54, 1.807) is 11.3 Å². The Morgan fingerprint density at radius 2 is 2.11 bits per heavy atom. The summed E-state index contributed by atoms with van der Waals surface area (Å²) in [5, 5.41) is 6.04. The Morgan fingerprint density at radius 1 is 1.37 bits per heavy atom. The van der Waals surface area contributed by atoms with E-state index < -0.39 is 18.1 Å². The first-order valence-corrected chi connectivity index (χ1v) is 7.56. The summed E-state index contributed by atoms with van der Waals surface area (Å²) in [6, 6.07) is -0.421. The SMILES string of the molecule is Cc1csc(CCNC2CCCCC2C(F)(F)F)n1. The molecule has 0 saturated heterocycles. The van der Waals surface area contributed by atoms with Crippen molar-refractivity contribution in [1.29, 1.82) is 0 Å². The summed E-state index contributed by atoms with van der Waals surface area (Å²) in [5.41, 5.74) is 0.978. The Morgan fingerprint density at radius 3 is 2.74 bits per heavy atom. The van der Waals surface area contributed by atoms with Crippen molar-refractivity contribution >= 4 is 11.3 Å². The van der Waals surface area contributed by atoms with E-state index in [0.29, 0.717) is 25.8 Å². The van der Waals surface area contributed by atoms with Gasteiger partial charge in [0.2, 0.25) is 0 Å². The highest BCUT2D eigenvalue weighted by Gasteiger charge is 2.45. The van der Waals surface area contributed by atoms with Gasteiger partial charge in [-0.3, -0.25) is 0 Å². The third-order valence-corrected chi connectivity index (χ3v) is 4.62. The van der Waals surface area contributed by atoms with Gasteiger partial charge in [0.1, 0.15) is 0 Å². The molecule has 1 fully saturated rings. The number of hydrogen-bond acceptors (Lipinski definition) is 3. The van der Waals surface area contributed by atoms with Crippen LogP contribution in [0.5, 0.6) is 0 Å². The standard InChI is InChI=1S/C13H19F3N2S/c1-9-8-19-12(18-9)6-7-17-11-5-3-2-4-10(11)13(14,15)16/h8,10-11,17H,2-7H2,1H3. The molecule has 1 aromatic heterocycles. The van der Waals surface area contributed by atoms with Crippen LogP contribution in [0.25, 0.3) is 0 Å². The van der Waals surface area contributed by atoms with Gasteiger partial charge in [0.15, 0.2) is 0 Å². The Bertz CT molecular complexity index is 403. The lowest BCUT2D eigenvalue weighted by Crippen LogP contribution is -2.46. The number of nitrogens with one attached hydrogen (secondary N) is 1. The van der Waals surface area contributed by atoms with Gasteiger partial charge >= 0.3 is 6.18 Å². The summed E-state index contributed by atoms with van der Waals surface area (Å²) < 4.78 is 38.7. The van der Waals surface area contributed by atoms with Gasteiger partial charge < -0.3 is 5.32 Å². The maximum Gasteiger partial charge on any atom is 0.393 e. The molecule has 1 saturated carbocycles. The normalized spacial score (nSPS) is 24.6. The Labute approximate surface area is 115 Å². The maximum atomic E-state index is 12.9. The van der Waals surface area contributed by atoms with Gasteiger partial charge in [0.25, 0.3) is 0 Å². The van der Waals surface area contributed by atoms with E-state index in [2.05, 4.69) is 10.3 Å². The molecule has 2 nitrogen and oxygen atoms in total. The number of nitrogens with zero attached hydrogens (tertiary/aromatic N) is 1. The summed E-state index contributed by atoms with van der Waals surface area (Å²) in [7, 11) is 0. The van der Waals surface area contributed by atoms with E-state index in [4.69, 9.17) is 0 Å². The van der Waals surface area contributed by atoms with E-state index >= 15 is 0 Å². The molecule has 0 aromatic carbocycles. The number of aryl methyl sites for hydroxylation is 1. The minimum atomic E-state index is -4.07. The van der Waals surface area contributed by atoms with Gasteiger partial charge in [-0.25, -0.2) is 4.98 Å². The summed E-state index contributed by atoms with van der Waals surface area (Å²) in [6.07, 6.45) is -0.900. The second-order valence-electron chi connectivity index (χ2n) is 5.13. The van der Waals surface area contributed by atoms with Crippen molar-refractivity contribution in [2.45, 2.75) is 51.2 Å². The zero-order valence-corrected chi connectivity index (χ0v) is 11.8. The molecule has 1 N–H and O–H groups in total. The van der Waals surface area contributed by atoms with Crippen LogP contribution in [0.2, 0.25) is 0 Å². The highest BCUT2D eigenvalue weighted by atomic mass is 32.1. The van der Waals surface area contributed by atoms with Crippen LogP contribution in [0.3, 0.4) is 0 Å². The lowest BCUT2D eigenvalue weighted by molar-refractivity contribution is -0.188. The number of rotatable bonds is 4. The minimum Gasteiger partial charge on any atom is -0.313 e. The summed E-state index contributed by atoms with van der Waals surface area (Å²) in [6.45, 7) is 2.50. The summed E-state index contributed by atoms with van der Waals surface area (Å²) in [4.78, 5) is 4.32. The smallest absolute Gasteiger partial charge is 0.313 e. The second kappa shape index (κ2) is 6.22. The molecule has 1 aromatic rings. The van der Waals surface area contributed by atoms with Gasteiger partial charge in [-0.1, -0.05) is 12.8 Å². The molecule has 19 heavy (non-hydrogen) atoms. The molecule has 1 heterocycles. The van der Waals surface area contributed by atoms with Crippen molar-refractivity contribution in [1.82, 2.24) is 10.3 Å². The first-order valence-electron chi connectivity index (χ1n) is 6.68. The zero-order chi connectivity index (χ0) is 13.9. The molecule has 0 bridgehead atoms. The van der Waals surface area contributed by atoms with Crippen molar-refractivity contribution in [3.63, 3.8) is 0 Å². The fourth-order valence-corrected chi connectivity index (χ4v) is 3.42. The van der Waals surface area contributed by atoms with Crippen LogP contribution in [0.15, 0.2) is 5.38 Å². The monoisotopic (exact) mass is 292 g/mol. The predicted molar refractivity (Wildman–Crippen MR) is 70.4 cm³/mol. The van der Waals surface area contributed by atoms with Crippen LogP contribution >= 0.6 is 11.3 Å². The lowest BCUT2D eigenvalue weighted by atomic mass is 9.84. The van der Waals surface area contributed by atoms with Crippen molar-refractivity contribution < 1.29 is 13.2 Å². The van der Waals surface area contributed by atoms with Gasteiger partial charge in [0, 0.05) is 30.1 Å². The van der Waals surface area contributed by atoms with E-state index in [1.165, 1.54) is 0 Å². The Kier molecular flexibility index (Phi) is 4.84. The van der Waals surface area contributed by atoms with Crippen LogP contribution in [0.4, 0.5) is 13.2 Å². The molecule has 1 aliphatic carbocycles. The Hall–Kier alpha value is -0.620. The predicted octanol–water partition coefficient (Wildman–Crippen LogP) is 3.70. The highest BCUT2D eigenvalue weighted by Crippen LogP contribution is 2.37. The van der Waals surface area contributed by atoms with Crippen LogP contribution < -0.4 is 5.32 Å². The molecule has 0 spiro atoms. The van der Waals surface area contributed by atoms with Gasteiger partial charge in [-0.2, -0.15) is 13.2 Å². The molecule has 0 amide bonds. The first kappa shape index (κ1) is 14.8. The molecule has 0 radical (unpaired) electrons. The zero-order valence-electron chi connectivity index (χ0n) is 11.0. The molecular weight excluding hydrogens is 273 g/mol. The van der Waals surface area contributed by atoms with E-state index in [1.807, 2.05) is 12.3 Å². The van der Waals surface area contributed by atoms with Crippen molar-refractivity contribution in [2.75, 3.05) is 6.54 Å². The number of halogens is 3. The molecule has 2 unspecified atom stereocenters. The van der Waals surface area contributed by atoms with E-state index in [9.17, 15) is 13.2 Å². The lowest BCUT2D eigenvalue weighted by Gasteiger charge is -2.33. The van der Waals surface area contributed by atoms with Crippen molar-refractivity contribution in [3.8, 4) is 0 Å². The molecular formula is C13H19F3N2S. The molecule has 2 atom stereocenters. The summed E-state index contributed by atoms with van der Waals surface area (Å²) >= 11 is 1.57. The molecule has 1 aliphatic rings. The molecule has 108 valence electrons. The third kappa shape index (κ3) is 4.18. The molecule has 0 aliphatic heterocycles.